The molecule has 0 atom stereocenters. The fourth-order valence-electron chi connectivity index (χ4n) is 1.22. The largest absolute Gasteiger partial charge is 0.197 e. The average molecular weight is 218 g/mol. The van der Waals surface area contributed by atoms with E-state index in [9.17, 15) is 0 Å². The lowest BCUT2D eigenvalue weighted by Crippen LogP contribution is -1.61. The van der Waals surface area contributed by atoms with Gasteiger partial charge < -0.3 is 0 Å². The van der Waals surface area contributed by atoms with Crippen LogP contribution in [0.5, 0.6) is 0 Å². The second-order valence-corrected chi connectivity index (χ2v) is 3.24. The number of hydrogen-bond acceptors (Lipinski definition) is 2. The van der Waals surface area contributed by atoms with E-state index >= 15 is 0 Å². The smallest absolute Gasteiger partial charge is 0.0737 e. The first kappa shape index (κ1) is 10.9. The van der Waals surface area contributed by atoms with E-state index in [-0.39, 0.29) is 0 Å². The number of nitrogens with zero attached hydrogens (tertiary/aromatic N) is 2. The fraction of sp³-hybridized carbons (Fsp3) is 0. The van der Waals surface area contributed by atoms with Crippen molar-refractivity contribution < 1.29 is 0 Å². The molecule has 0 unspecified atom stereocenters. The minimum Gasteiger partial charge on any atom is -0.197 e. The van der Waals surface area contributed by atoms with E-state index in [1.54, 1.807) is 0 Å². The molecule has 2 nitrogen and oxygen atoms in total. The van der Waals surface area contributed by atoms with Crippen LogP contribution in [-0.4, -0.2) is 11.7 Å². The third-order valence-electron chi connectivity index (χ3n) is 1.99. The van der Waals surface area contributed by atoms with E-state index < -0.39 is 0 Å². The first-order chi connectivity index (χ1) is 8.45. The molecule has 0 amide bonds. The van der Waals surface area contributed by atoms with E-state index in [0.29, 0.717) is 0 Å². The van der Waals surface area contributed by atoms with Crippen molar-refractivity contribution in [2.75, 3.05) is 0 Å². The molecule has 0 aliphatic rings. The molecule has 0 fully saturated rings. The molecule has 17 heavy (non-hydrogen) atoms. The lowest BCUT2D eigenvalue weighted by molar-refractivity contribution is 1.54. The van der Waals surface area contributed by atoms with Gasteiger partial charge in [0.05, 0.1) is 11.4 Å². The van der Waals surface area contributed by atoms with E-state index in [1.165, 1.54) is 0 Å². The molecular formula is C15H10N2. The Bertz CT molecular complexity index is 542. The van der Waals surface area contributed by atoms with E-state index in [4.69, 9.17) is 0 Å². The highest BCUT2D eigenvalue weighted by atomic mass is 14.7. The van der Waals surface area contributed by atoms with Crippen LogP contribution >= 0.6 is 0 Å². The molecule has 2 heteroatoms. The Morgan fingerprint density at radius 2 is 1.00 bits per heavy atom. The van der Waals surface area contributed by atoms with Gasteiger partial charge in [-0.05, 0) is 24.3 Å². The summed E-state index contributed by atoms with van der Waals surface area (Å²) < 4.78 is 0. The molecule has 0 heterocycles. The van der Waals surface area contributed by atoms with Gasteiger partial charge in [-0.3, -0.25) is 0 Å². The summed E-state index contributed by atoms with van der Waals surface area (Å²) in [5.74, 6) is 5.28. The zero-order valence-corrected chi connectivity index (χ0v) is 9.17. The summed E-state index contributed by atoms with van der Waals surface area (Å²) in [6.07, 6.45) is 0. The quantitative estimate of drug-likeness (QED) is 0.542. The highest BCUT2D eigenvalue weighted by Gasteiger charge is 1.80. The lowest BCUT2D eigenvalue weighted by atomic mass is 10.3. The van der Waals surface area contributed by atoms with E-state index in [2.05, 4.69) is 27.5 Å². The zero-order valence-electron chi connectivity index (χ0n) is 9.17. The Morgan fingerprint density at radius 3 is 1.41 bits per heavy atom. The van der Waals surface area contributed by atoms with E-state index in [0.717, 1.165) is 11.4 Å². The van der Waals surface area contributed by atoms with Crippen molar-refractivity contribution in [2.24, 2.45) is 9.98 Å². The van der Waals surface area contributed by atoms with Crippen LogP contribution in [0.1, 0.15) is 0 Å². The molecule has 2 aromatic carbocycles. The normalized spacial score (nSPS) is 8.47. The van der Waals surface area contributed by atoms with Crippen molar-refractivity contribution in [2.45, 2.75) is 0 Å². The first-order valence-corrected chi connectivity index (χ1v) is 5.22. The number of aliphatic imine (C=N–C) groups is 2. The summed E-state index contributed by atoms with van der Waals surface area (Å²) in [4.78, 5) is 8.11. The van der Waals surface area contributed by atoms with Gasteiger partial charge in [-0.2, -0.15) is 9.98 Å². The van der Waals surface area contributed by atoms with Gasteiger partial charge in [0, 0.05) is 17.5 Å². The highest BCUT2D eigenvalue weighted by Crippen LogP contribution is 2.08. The van der Waals surface area contributed by atoms with Gasteiger partial charge in [0.2, 0.25) is 0 Å². The summed E-state index contributed by atoms with van der Waals surface area (Å²) in [5.41, 5.74) is 4.32. The van der Waals surface area contributed by atoms with Crippen LogP contribution < -0.4 is 0 Å². The van der Waals surface area contributed by atoms with Crippen molar-refractivity contribution in [3.8, 4) is 0 Å². The Hall–Kier alpha value is -2.62. The summed E-state index contributed by atoms with van der Waals surface area (Å²) in [7, 11) is 0. The maximum atomic E-state index is 4.05. The zero-order chi connectivity index (χ0) is 11.8. The number of benzene rings is 2. The molecule has 2 rings (SSSR count). The van der Waals surface area contributed by atoms with Crippen LogP contribution in [0.2, 0.25) is 0 Å². The molecule has 0 saturated heterocycles. The molecule has 0 radical (unpaired) electrons. The van der Waals surface area contributed by atoms with Crippen LogP contribution in [0.3, 0.4) is 0 Å². The second kappa shape index (κ2) is 6.07. The van der Waals surface area contributed by atoms with E-state index in [1.807, 2.05) is 60.7 Å². The first-order valence-electron chi connectivity index (χ1n) is 5.22. The summed E-state index contributed by atoms with van der Waals surface area (Å²) >= 11 is 0. The van der Waals surface area contributed by atoms with Gasteiger partial charge in [-0.15, -0.1) is 0 Å². The van der Waals surface area contributed by atoms with Crippen molar-refractivity contribution in [1.82, 2.24) is 0 Å². The monoisotopic (exact) mass is 218 g/mol. The minimum atomic E-state index is 0.835. The Labute approximate surface area is 100.0 Å². The number of hydrogen-bond donors (Lipinski definition) is 0. The van der Waals surface area contributed by atoms with Gasteiger partial charge in [-0.1, -0.05) is 36.4 Å². The van der Waals surface area contributed by atoms with Crippen molar-refractivity contribution in [3.63, 3.8) is 0 Å². The number of rotatable bonds is 2. The molecule has 0 aromatic heterocycles. The predicted octanol–water partition coefficient (Wildman–Crippen LogP) is 3.70. The van der Waals surface area contributed by atoms with Crippen LogP contribution in [0, 0.1) is 0 Å². The third kappa shape index (κ3) is 3.79. The molecule has 0 spiro atoms. The SMILES string of the molecule is C(=C=Nc1ccccc1)=C=Nc1ccccc1. The Balaban J connectivity index is 2.16. The van der Waals surface area contributed by atoms with Gasteiger partial charge in [0.25, 0.3) is 0 Å². The van der Waals surface area contributed by atoms with Crippen molar-refractivity contribution >= 4 is 23.1 Å². The van der Waals surface area contributed by atoms with Crippen LogP contribution in [0.15, 0.2) is 76.4 Å². The summed E-state index contributed by atoms with van der Waals surface area (Å²) in [6, 6.07) is 19.1. The van der Waals surface area contributed by atoms with Crippen molar-refractivity contribution in [3.05, 3.63) is 66.4 Å². The number of para-hydroxylation sites is 2. The van der Waals surface area contributed by atoms with Gasteiger partial charge in [-0.25, -0.2) is 0 Å². The fourth-order valence-corrected chi connectivity index (χ4v) is 1.22. The minimum absolute atomic E-state index is 0.835. The van der Waals surface area contributed by atoms with Gasteiger partial charge in [0.15, 0.2) is 0 Å². The lowest BCUT2D eigenvalue weighted by Gasteiger charge is -1.85. The molecule has 2 aromatic rings. The second-order valence-electron chi connectivity index (χ2n) is 3.24. The summed E-state index contributed by atoms with van der Waals surface area (Å²) in [5, 5.41) is 0. The molecule has 0 bridgehead atoms. The summed E-state index contributed by atoms with van der Waals surface area (Å²) in [6.45, 7) is 0. The van der Waals surface area contributed by atoms with Gasteiger partial charge in [0.1, 0.15) is 0 Å². The molecule has 0 N–H and O–H groups in total. The maximum Gasteiger partial charge on any atom is 0.0737 e. The maximum absolute atomic E-state index is 4.05. The molecular weight excluding hydrogens is 208 g/mol. The van der Waals surface area contributed by atoms with Gasteiger partial charge >= 0.3 is 0 Å². The molecule has 0 saturated carbocycles. The Morgan fingerprint density at radius 1 is 0.588 bits per heavy atom. The molecule has 0 aliphatic heterocycles. The van der Waals surface area contributed by atoms with Crippen LogP contribution in [-0.2, 0) is 0 Å². The van der Waals surface area contributed by atoms with Crippen LogP contribution in [0.25, 0.3) is 0 Å². The standard InChI is InChI=1S/C15H10N2/c1-3-8-14(9-4-1)16-12-7-13-17-15-10-5-2-6-11-15/h1-6,8-11H. The predicted molar refractivity (Wildman–Crippen MR) is 70.6 cm³/mol. The Kier molecular flexibility index (Phi) is 3.89. The highest BCUT2D eigenvalue weighted by molar-refractivity contribution is 5.70. The average Bonchev–Trinajstić information content (AvgIpc) is 2.41. The van der Waals surface area contributed by atoms with Crippen LogP contribution in [0.4, 0.5) is 11.4 Å². The molecule has 80 valence electrons. The molecule has 0 aliphatic carbocycles. The van der Waals surface area contributed by atoms with Crippen molar-refractivity contribution in [1.29, 1.82) is 0 Å². The third-order valence-corrected chi connectivity index (χ3v) is 1.99. The topological polar surface area (TPSA) is 24.7 Å².